The van der Waals surface area contributed by atoms with Crippen molar-refractivity contribution >= 4 is 6.29 Å². The molecule has 0 spiro atoms. The summed E-state index contributed by atoms with van der Waals surface area (Å²) in [6, 6.07) is 0.492. The molecule has 1 aliphatic carbocycles. The van der Waals surface area contributed by atoms with Crippen LogP contribution in [0.25, 0.3) is 0 Å². The molecule has 1 heterocycles. The lowest BCUT2D eigenvalue weighted by Crippen LogP contribution is -2.19. The highest BCUT2D eigenvalue weighted by molar-refractivity contribution is 5.72. The van der Waals surface area contributed by atoms with Crippen LogP contribution >= 0.6 is 0 Å². The van der Waals surface area contributed by atoms with Crippen LogP contribution in [0.5, 0.6) is 0 Å². The van der Waals surface area contributed by atoms with Gasteiger partial charge < -0.3 is 0 Å². The van der Waals surface area contributed by atoms with Crippen molar-refractivity contribution in [3.63, 3.8) is 0 Å². The molecular weight excluding hydrogens is 154 g/mol. The van der Waals surface area contributed by atoms with E-state index in [0.29, 0.717) is 11.7 Å². The lowest BCUT2D eigenvalue weighted by molar-refractivity contribution is 0.111. The van der Waals surface area contributed by atoms with E-state index >= 15 is 0 Å². The average Bonchev–Trinajstić information content (AvgIpc) is 2.30. The van der Waals surface area contributed by atoms with Gasteiger partial charge in [-0.3, -0.25) is 4.79 Å². The van der Waals surface area contributed by atoms with Gasteiger partial charge in [0.15, 0.2) is 6.29 Å². The van der Waals surface area contributed by atoms with Gasteiger partial charge in [0.1, 0.15) is 5.69 Å². The largest absolute Gasteiger partial charge is 0.296 e. The summed E-state index contributed by atoms with van der Waals surface area (Å²) < 4.78 is 1.87. The van der Waals surface area contributed by atoms with Crippen LogP contribution in [-0.4, -0.2) is 21.3 Å². The molecule has 1 saturated carbocycles. The van der Waals surface area contributed by atoms with E-state index in [1.165, 1.54) is 19.3 Å². The molecule has 0 atom stereocenters. The third-order valence-corrected chi connectivity index (χ3v) is 2.50. The van der Waals surface area contributed by atoms with Crippen LogP contribution in [0.1, 0.15) is 41.5 Å². The molecule has 1 aliphatic rings. The molecule has 1 fully saturated rings. The third kappa shape index (κ3) is 0.948. The van der Waals surface area contributed by atoms with Crippen molar-refractivity contribution in [3.8, 4) is 0 Å². The summed E-state index contributed by atoms with van der Waals surface area (Å²) >= 11 is 0. The van der Waals surface area contributed by atoms with Crippen LogP contribution < -0.4 is 0 Å². The summed E-state index contributed by atoms with van der Waals surface area (Å²) in [5.41, 5.74) is 1.37. The van der Waals surface area contributed by atoms with Crippen LogP contribution in [-0.2, 0) is 0 Å². The fourth-order valence-corrected chi connectivity index (χ4v) is 1.44. The van der Waals surface area contributed by atoms with Gasteiger partial charge in [-0.15, -0.1) is 5.10 Å². The SMILES string of the molecule is Cc1c(C=O)nnn1C1CCC1. The maximum Gasteiger partial charge on any atom is 0.172 e. The van der Waals surface area contributed by atoms with E-state index in [-0.39, 0.29) is 0 Å². The van der Waals surface area contributed by atoms with Crippen LogP contribution in [0.15, 0.2) is 0 Å². The first-order valence-electron chi connectivity index (χ1n) is 4.20. The highest BCUT2D eigenvalue weighted by Crippen LogP contribution is 2.31. The molecule has 1 aromatic heterocycles. The second-order valence-electron chi connectivity index (χ2n) is 3.21. The van der Waals surface area contributed by atoms with Crippen LogP contribution in [0, 0.1) is 6.92 Å². The number of carbonyl (C=O) groups is 1. The first-order chi connectivity index (χ1) is 5.83. The molecule has 0 radical (unpaired) electrons. The summed E-state index contributed by atoms with van der Waals surface area (Å²) in [6.07, 6.45) is 4.36. The second-order valence-corrected chi connectivity index (χ2v) is 3.21. The molecule has 0 aliphatic heterocycles. The molecule has 4 nitrogen and oxygen atoms in total. The molecule has 0 N–H and O–H groups in total. The van der Waals surface area contributed by atoms with Gasteiger partial charge in [-0.05, 0) is 26.2 Å². The van der Waals surface area contributed by atoms with Crippen molar-refractivity contribution in [2.45, 2.75) is 32.2 Å². The van der Waals surface area contributed by atoms with Gasteiger partial charge >= 0.3 is 0 Å². The first kappa shape index (κ1) is 7.46. The Bertz CT molecular complexity index is 301. The zero-order valence-corrected chi connectivity index (χ0v) is 7.03. The molecule has 0 aromatic carbocycles. The lowest BCUT2D eigenvalue weighted by atomic mass is 9.93. The first-order valence-corrected chi connectivity index (χ1v) is 4.20. The molecule has 0 amide bonds. The molecule has 0 bridgehead atoms. The van der Waals surface area contributed by atoms with Crippen LogP contribution in [0.4, 0.5) is 0 Å². The lowest BCUT2D eigenvalue weighted by Gasteiger charge is -2.25. The summed E-state index contributed by atoms with van der Waals surface area (Å²) in [5.74, 6) is 0. The predicted molar refractivity (Wildman–Crippen MR) is 43.0 cm³/mol. The van der Waals surface area contributed by atoms with Crippen molar-refractivity contribution in [2.24, 2.45) is 0 Å². The molecule has 12 heavy (non-hydrogen) atoms. The molecule has 4 heteroatoms. The van der Waals surface area contributed by atoms with E-state index in [1.54, 1.807) is 0 Å². The highest BCUT2D eigenvalue weighted by atomic mass is 16.1. The van der Waals surface area contributed by atoms with Gasteiger partial charge in [0.2, 0.25) is 0 Å². The van der Waals surface area contributed by atoms with Crippen molar-refractivity contribution < 1.29 is 4.79 Å². The van der Waals surface area contributed by atoms with Gasteiger partial charge in [0.25, 0.3) is 0 Å². The van der Waals surface area contributed by atoms with E-state index in [4.69, 9.17) is 0 Å². The predicted octanol–water partition coefficient (Wildman–Crippen LogP) is 1.12. The quantitative estimate of drug-likeness (QED) is 0.617. The van der Waals surface area contributed by atoms with Crippen molar-refractivity contribution in [1.29, 1.82) is 0 Å². The van der Waals surface area contributed by atoms with Crippen molar-refractivity contribution in [3.05, 3.63) is 11.4 Å². The van der Waals surface area contributed by atoms with E-state index in [0.717, 1.165) is 12.0 Å². The van der Waals surface area contributed by atoms with E-state index < -0.39 is 0 Å². The minimum absolute atomic E-state index is 0.474. The number of rotatable bonds is 2. The Kier molecular flexibility index (Phi) is 1.67. The van der Waals surface area contributed by atoms with Gasteiger partial charge in [-0.1, -0.05) is 5.21 Å². The normalized spacial score (nSPS) is 17.4. The molecule has 1 aromatic rings. The Balaban J connectivity index is 2.31. The Morgan fingerprint density at radius 1 is 1.58 bits per heavy atom. The van der Waals surface area contributed by atoms with Gasteiger partial charge in [0, 0.05) is 0 Å². The number of nitrogens with zero attached hydrogens (tertiary/aromatic N) is 3. The number of aromatic nitrogens is 3. The maximum absolute atomic E-state index is 10.5. The number of hydrogen-bond acceptors (Lipinski definition) is 3. The smallest absolute Gasteiger partial charge is 0.172 e. The van der Waals surface area contributed by atoms with Crippen LogP contribution in [0.3, 0.4) is 0 Å². The minimum atomic E-state index is 0.474. The Hall–Kier alpha value is -1.19. The molecule has 0 saturated heterocycles. The Morgan fingerprint density at radius 2 is 2.33 bits per heavy atom. The Labute approximate surface area is 70.6 Å². The second kappa shape index (κ2) is 2.69. The topological polar surface area (TPSA) is 47.8 Å². The van der Waals surface area contributed by atoms with Crippen molar-refractivity contribution in [2.75, 3.05) is 0 Å². The van der Waals surface area contributed by atoms with E-state index in [9.17, 15) is 4.79 Å². The summed E-state index contributed by atoms with van der Waals surface area (Å²) in [6.45, 7) is 1.89. The molecule has 0 unspecified atom stereocenters. The Morgan fingerprint density at radius 3 is 2.75 bits per heavy atom. The highest BCUT2D eigenvalue weighted by Gasteiger charge is 2.22. The monoisotopic (exact) mass is 165 g/mol. The average molecular weight is 165 g/mol. The number of aldehydes is 1. The number of hydrogen-bond donors (Lipinski definition) is 0. The fourth-order valence-electron chi connectivity index (χ4n) is 1.44. The van der Waals surface area contributed by atoms with Crippen LogP contribution in [0.2, 0.25) is 0 Å². The fraction of sp³-hybridized carbons (Fsp3) is 0.625. The van der Waals surface area contributed by atoms with Gasteiger partial charge in [0.05, 0.1) is 11.7 Å². The summed E-state index contributed by atoms with van der Waals surface area (Å²) in [4.78, 5) is 10.5. The van der Waals surface area contributed by atoms with E-state index in [1.807, 2.05) is 11.6 Å². The van der Waals surface area contributed by atoms with E-state index in [2.05, 4.69) is 10.3 Å². The zero-order valence-electron chi connectivity index (χ0n) is 7.03. The zero-order chi connectivity index (χ0) is 8.55. The third-order valence-electron chi connectivity index (χ3n) is 2.50. The van der Waals surface area contributed by atoms with Gasteiger partial charge in [-0.25, -0.2) is 4.68 Å². The molecular formula is C8H11N3O. The molecule has 2 rings (SSSR count). The maximum atomic E-state index is 10.5. The summed E-state index contributed by atoms with van der Waals surface area (Å²) in [5, 5.41) is 7.73. The number of carbonyl (C=O) groups excluding carboxylic acids is 1. The van der Waals surface area contributed by atoms with Gasteiger partial charge in [-0.2, -0.15) is 0 Å². The van der Waals surface area contributed by atoms with Crippen molar-refractivity contribution in [1.82, 2.24) is 15.0 Å². The minimum Gasteiger partial charge on any atom is -0.296 e. The standard InChI is InChI=1S/C8H11N3O/c1-6-8(5-12)9-10-11(6)7-3-2-4-7/h5,7H,2-4H2,1H3. The molecule has 64 valence electrons. The summed E-state index contributed by atoms with van der Waals surface area (Å²) in [7, 11) is 0.